The summed E-state index contributed by atoms with van der Waals surface area (Å²) >= 11 is 1.62. The molecule has 8 heteroatoms. The number of nitrogens with zero attached hydrogens (tertiary/aromatic N) is 4. The fraction of sp³-hybridized carbons (Fsp3) is 0.500. The number of carbonyl (C=O) groups is 1. The number of amides is 1. The van der Waals surface area contributed by atoms with Gasteiger partial charge in [-0.05, 0) is 12.3 Å². The number of hydrogen-bond acceptors (Lipinski definition) is 6. The van der Waals surface area contributed by atoms with Gasteiger partial charge in [-0.2, -0.15) is 21.8 Å². The van der Waals surface area contributed by atoms with Crippen LogP contribution in [0.2, 0.25) is 0 Å². The average molecular weight is 295 g/mol. The quantitative estimate of drug-likeness (QED) is 0.822. The minimum atomic E-state index is -0.177. The summed E-state index contributed by atoms with van der Waals surface area (Å²) in [6, 6.07) is 1.83. The maximum absolute atomic E-state index is 11.9. The van der Waals surface area contributed by atoms with E-state index in [-0.39, 0.29) is 18.4 Å². The summed E-state index contributed by atoms with van der Waals surface area (Å²) in [6.45, 7) is 2.65. The summed E-state index contributed by atoms with van der Waals surface area (Å²) in [4.78, 5) is 16.1. The predicted molar refractivity (Wildman–Crippen MR) is 74.8 cm³/mol. The lowest BCUT2D eigenvalue weighted by Gasteiger charge is -2.10. The maximum Gasteiger partial charge on any atom is 0.246 e. The highest BCUT2D eigenvalue weighted by molar-refractivity contribution is 7.97. The van der Waals surface area contributed by atoms with Crippen LogP contribution in [-0.4, -0.2) is 32.1 Å². The molecule has 0 saturated carbocycles. The molecule has 7 nitrogen and oxygen atoms in total. The second-order valence-corrected chi connectivity index (χ2v) is 5.25. The first-order chi connectivity index (χ1) is 9.69. The van der Waals surface area contributed by atoms with Crippen LogP contribution in [-0.2, 0) is 23.6 Å². The van der Waals surface area contributed by atoms with E-state index in [0.29, 0.717) is 24.0 Å². The van der Waals surface area contributed by atoms with Crippen molar-refractivity contribution < 1.29 is 9.32 Å². The predicted octanol–water partition coefficient (Wildman–Crippen LogP) is 1.08. The minimum absolute atomic E-state index is 0.0647. The van der Waals surface area contributed by atoms with E-state index in [0.717, 1.165) is 0 Å². The molecule has 2 aromatic heterocycles. The van der Waals surface area contributed by atoms with Crippen LogP contribution in [0.5, 0.6) is 0 Å². The number of thioether (sulfide) groups is 1. The van der Waals surface area contributed by atoms with Gasteiger partial charge in [-0.15, -0.1) is 0 Å². The maximum atomic E-state index is 11.9. The molecular formula is C12H17N5O2S. The molecule has 108 valence electrons. The first kappa shape index (κ1) is 14.6. The molecule has 1 amide bonds. The Kier molecular flexibility index (Phi) is 5.16. The Morgan fingerprint density at radius 1 is 1.60 bits per heavy atom. The van der Waals surface area contributed by atoms with Gasteiger partial charge in [0.2, 0.25) is 11.8 Å². The summed E-state index contributed by atoms with van der Waals surface area (Å²) in [5.41, 5.74) is 0. The highest BCUT2D eigenvalue weighted by Crippen LogP contribution is 2.06. The van der Waals surface area contributed by atoms with E-state index >= 15 is 0 Å². The summed E-state index contributed by atoms with van der Waals surface area (Å²) in [7, 11) is 0. The lowest BCUT2D eigenvalue weighted by molar-refractivity contribution is -0.125. The van der Waals surface area contributed by atoms with Crippen LogP contribution in [0, 0.1) is 5.92 Å². The Labute approximate surface area is 121 Å². The monoisotopic (exact) mass is 295 g/mol. The molecule has 2 rings (SSSR count). The van der Waals surface area contributed by atoms with E-state index in [9.17, 15) is 4.79 Å². The van der Waals surface area contributed by atoms with Crippen LogP contribution in [0.3, 0.4) is 0 Å². The van der Waals surface area contributed by atoms with Crippen molar-refractivity contribution in [1.82, 2.24) is 25.2 Å². The zero-order chi connectivity index (χ0) is 14.4. The minimum Gasteiger partial charge on any atom is -0.347 e. The Bertz CT molecular complexity index is 540. The van der Waals surface area contributed by atoms with Crippen LogP contribution in [0.1, 0.15) is 18.6 Å². The summed E-state index contributed by atoms with van der Waals surface area (Å²) < 4.78 is 6.78. The number of aromatic nitrogens is 4. The van der Waals surface area contributed by atoms with Gasteiger partial charge < -0.3 is 9.84 Å². The second kappa shape index (κ2) is 7.09. The third-order valence-corrected chi connectivity index (χ3v) is 3.21. The van der Waals surface area contributed by atoms with Crippen LogP contribution in [0.4, 0.5) is 0 Å². The summed E-state index contributed by atoms with van der Waals surface area (Å²) in [5, 5.41) is 10.7. The molecule has 0 aliphatic heterocycles. The van der Waals surface area contributed by atoms with E-state index < -0.39 is 0 Å². The van der Waals surface area contributed by atoms with E-state index in [2.05, 4.69) is 20.6 Å². The third kappa shape index (κ3) is 4.09. The van der Waals surface area contributed by atoms with Gasteiger partial charge in [-0.1, -0.05) is 12.1 Å². The molecule has 0 spiro atoms. The molecule has 1 N–H and O–H groups in total. The highest BCUT2D eigenvalue weighted by Gasteiger charge is 2.15. The number of hydrogen-bond donors (Lipinski definition) is 1. The van der Waals surface area contributed by atoms with Gasteiger partial charge >= 0.3 is 0 Å². The van der Waals surface area contributed by atoms with E-state index in [1.807, 2.05) is 25.4 Å². The van der Waals surface area contributed by atoms with Gasteiger partial charge in [-0.3, -0.25) is 9.48 Å². The van der Waals surface area contributed by atoms with Crippen molar-refractivity contribution in [2.24, 2.45) is 5.92 Å². The Morgan fingerprint density at radius 2 is 2.45 bits per heavy atom. The van der Waals surface area contributed by atoms with Gasteiger partial charge in [-0.25, -0.2) is 0 Å². The molecule has 0 bridgehead atoms. The molecule has 0 fully saturated rings. The molecule has 0 unspecified atom stereocenters. The van der Waals surface area contributed by atoms with Crippen LogP contribution in [0.25, 0.3) is 0 Å². The molecule has 20 heavy (non-hydrogen) atoms. The molecule has 0 aliphatic carbocycles. The molecule has 1 atom stereocenters. The van der Waals surface area contributed by atoms with E-state index in [4.69, 9.17) is 4.52 Å². The fourth-order valence-corrected chi connectivity index (χ4v) is 2.03. The third-order valence-electron chi connectivity index (χ3n) is 2.67. The van der Waals surface area contributed by atoms with Crippen molar-refractivity contribution in [2.45, 2.75) is 25.8 Å². The lowest BCUT2D eigenvalue weighted by Crippen LogP contribution is -2.31. The van der Waals surface area contributed by atoms with Crippen LogP contribution >= 0.6 is 11.8 Å². The van der Waals surface area contributed by atoms with Gasteiger partial charge in [0.25, 0.3) is 0 Å². The standard InChI is InChI=1S/C12H17N5O2S/c1-9(7-17-5-3-4-14-17)12(18)13-6-11-15-10(8-20-2)16-19-11/h3-5,9H,6-8H2,1-2H3,(H,13,18)/t9-/m0/s1. The average Bonchev–Trinajstić information content (AvgIpc) is 3.08. The van der Waals surface area contributed by atoms with Crippen LogP contribution < -0.4 is 5.32 Å². The second-order valence-electron chi connectivity index (χ2n) is 4.38. The van der Waals surface area contributed by atoms with Gasteiger partial charge in [0.15, 0.2) is 5.82 Å². The van der Waals surface area contributed by atoms with Crippen molar-refractivity contribution in [1.29, 1.82) is 0 Å². The first-order valence-corrected chi connectivity index (χ1v) is 7.64. The lowest BCUT2D eigenvalue weighted by atomic mass is 10.1. The Morgan fingerprint density at radius 3 is 3.15 bits per heavy atom. The first-order valence-electron chi connectivity index (χ1n) is 6.24. The van der Waals surface area contributed by atoms with Gasteiger partial charge in [0.05, 0.1) is 24.8 Å². The van der Waals surface area contributed by atoms with Gasteiger partial charge in [0, 0.05) is 12.4 Å². The summed E-state index contributed by atoms with van der Waals surface area (Å²) in [5.74, 6) is 1.53. The Balaban J connectivity index is 1.78. The van der Waals surface area contributed by atoms with Crippen molar-refractivity contribution >= 4 is 17.7 Å². The van der Waals surface area contributed by atoms with E-state index in [1.54, 1.807) is 22.6 Å². The highest BCUT2D eigenvalue weighted by atomic mass is 32.2. The van der Waals surface area contributed by atoms with Crippen molar-refractivity contribution in [3.8, 4) is 0 Å². The van der Waals surface area contributed by atoms with Crippen molar-refractivity contribution in [2.75, 3.05) is 6.26 Å². The molecular weight excluding hydrogens is 278 g/mol. The zero-order valence-electron chi connectivity index (χ0n) is 11.4. The number of rotatable bonds is 7. The fourth-order valence-electron chi connectivity index (χ4n) is 1.66. The van der Waals surface area contributed by atoms with E-state index in [1.165, 1.54) is 0 Å². The molecule has 2 heterocycles. The van der Waals surface area contributed by atoms with Gasteiger partial charge in [0.1, 0.15) is 0 Å². The molecule has 0 aromatic carbocycles. The Hall–Kier alpha value is -1.83. The van der Waals surface area contributed by atoms with Crippen LogP contribution in [0.15, 0.2) is 23.0 Å². The summed E-state index contributed by atoms with van der Waals surface area (Å²) in [6.07, 6.45) is 5.49. The van der Waals surface area contributed by atoms with Crippen molar-refractivity contribution in [3.63, 3.8) is 0 Å². The molecule has 0 aliphatic rings. The molecule has 0 saturated heterocycles. The largest absolute Gasteiger partial charge is 0.347 e. The normalized spacial score (nSPS) is 12.3. The topological polar surface area (TPSA) is 85.8 Å². The smallest absolute Gasteiger partial charge is 0.246 e. The number of nitrogens with one attached hydrogen (secondary N) is 1. The number of carbonyl (C=O) groups excluding carboxylic acids is 1. The van der Waals surface area contributed by atoms with Crippen molar-refractivity contribution in [3.05, 3.63) is 30.2 Å². The zero-order valence-corrected chi connectivity index (χ0v) is 12.3. The molecule has 2 aromatic rings. The SMILES string of the molecule is CSCc1noc(CNC(=O)[C@@H](C)Cn2cccn2)n1. The molecule has 0 radical (unpaired) electrons.